The first-order valence-corrected chi connectivity index (χ1v) is 15.2. The van der Waals surface area contributed by atoms with E-state index in [0.29, 0.717) is 48.0 Å². The van der Waals surface area contributed by atoms with Crippen molar-refractivity contribution in [2.75, 3.05) is 20.2 Å². The van der Waals surface area contributed by atoms with Crippen molar-refractivity contribution in [3.8, 4) is 22.8 Å². The van der Waals surface area contributed by atoms with Crippen LogP contribution in [0.5, 0.6) is 0 Å². The largest absolute Gasteiger partial charge is 0.468 e. The van der Waals surface area contributed by atoms with Crippen LogP contribution in [0.1, 0.15) is 30.8 Å². The van der Waals surface area contributed by atoms with Crippen LogP contribution in [0.4, 0.5) is 0 Å². The molecule has 0 spiro atoms. The summed E-state index contributed by atoms with van der Waals surface area (Å²) in [6.07, 6.45) is 7.81. The van der Waals surface area contributed by atoms with E-state index >= 15 is 0 Å². The average Bonchev–Trinajstić information content (AvgIpc) is 3.07. The number of hydrogen-bond donors (Lipinski definition) is 3. The number of carbonyl (C=O) groups is 2. The highest BCUT2D eigenvalue weighted by Crippen LogP contribution is 2.15. The molecule has 13 heteroatoms. The number of thiocarbonyl (C=S) groups is 2. The highest BCUT2D eigenvalue weighted by molar-refractivity contribution is 7.80. The van der Waals surface area contributed by atoms with Gasteiger partial charge in [0.1, 0.15) is 18.4 Å². The van der Waals surface area contributed by atoms with Crippen molar-refractivity contribution in [3.63, 3.8) is 0 Å². The second-order valence-electron chi connectivity index (χ2n) is 9.92. The van der Waals surface area contributed by atoms with E-state index in [2.05, 4.69) is 45.6 Å². The van der Waals surface area contributed by atoms with Gasteiger partial charge in [0, 0.05) is 37.3 Å². The second-order valence-corrected chi connectivity index (χ2v) is 10.9. The molecule has 4 aromatic rings. The molecular formula is C32H34N8O3S2. The maximum atomic E-state index is 13.0. The zero-order valence-electron chi connectivity index (χ0n) is 24.8. The Morgan fingerprint density at radius 2 is 1.47 bits per heavy atom. The van der Waals surface area contributed by atoms with Gasteiger partial charge in [0.2, 0.25) is 5.91 Å². The summed E-state index contributed by atoms with van der Waals surface area (Å²) in [7, 11) is 1.27. The van der Waals surface area contributed by atoms with E-state index in [1.54, 1.807) is 18.6 Å². The van der Waals surface area contributed by atoms with E-state index in [1.165, 1.54) is 7.11 Å². The number of esters is 1. The summed E-state index contributed by atoms with van der Waals surface area (Å²) < 4.78 is 4.65. The Morgan fingerprint density at radius 3 is 2.16 bits per heavy atom. The standard InChI is InChI=1S/C32H34N8O3S2/c1-43-31(41)21-37-32(42)27(40-30(45)19-22-9-8-13-25(38-22)23-10-2-5-15-33-23)12-4-7-17-36-29(44)20-28-35-18-14-26(39-28)24-11-3-6-16-34-24/h2-3,5-6,8-11,13-16,18,27H,4,7,12,17,19-21H2,1H3,(H,36,44)(H,37,42)(H,40,45)/t27-/m0/s1. The van der Waals surface area contributed by atoms with Crippen molar-refractivity contribution in [3.05, 3.63) is 90.8 Å². The van der Waals surface area contributed by atoms with Gasteiger partial charge < -0.3 is 20.7 Å². The van der Waals surface area contributed by atoms with Crippen LogP contribution >= 0.6 is 24.4 Å². The lowest BCUT2D eigenvalue weighted by molar-refractivity contribution is -0.141. The highest BCUT2D eigenvalue weighted by Gasteiger charge is 2.20. The Labute approximate surface area is 272 Å². The number of pyridine rings is 3. The number of rotatable bonds is 15. The lowest BCUT2D eigenvalue weighted by atomic mass is 10.1. The summed E-state index contributed by atoms with van der Waals surface area (Å²) in [4.78, 5) is 47.9. The fourth-order valence-corrected chi connectivity index (χ4v) is 4.84. The molecule has 0 aliphatic carbocycles. The van der Waals surface area contributed by atoms with Crippen molar-refractivity contribution < 1.29 is 14.3 Å². The summed E-state index contributed by atoms with van der Waals surface area (Å²) in [5.74, 6) is -0.269. The van der Waals surface area contributed by atoms with Gasteiger partial charge in [-0.15, -0.1) is 0 Å². The number of unbranched alkanes of at least 4 members (excludes halogenated alkanes) is 1. The van der Waals surface area contributed by atoms with Crippen LogP contribution in [0, 0.1) is 0 Å². The van der Waals surface area contributed by atoms with Crippen molar-refractivity contribution in [2.45, 2.75) is 38.1 Å². The second kappa shape index (κ2) is 17.5. The molecule has 4 aromatic heterocycles. The van der Waals surface area contributed by atoms with Crippen LogP contribution in [0.3, 0.4) is 0 Å². The maximum absolute atomic E-state index is 13.0. The minimum atomic E-state index is -0.643. The third-order valence-electron chi connectivity index (χ3n) is 6.56. The van der Waals surface area contributed by atoms with E-state index in [-0.39, 0.29) is 12.5 Å². The molecule has 232 valence electrons. The van der Waals surface area contributed by atoms with Crippen molar-refractivity contribution in [1.82, 2.24) is 40.9 Å². The van der Waals surface area contributed by atoms with Gasteiger partial charge in [0.05, 0.1) is 46.3 Å². The highest BCUT2D eigenvalue weighted by atomic mass is 32.1. The molecule has 45 heavy (non-hydrogen) atoms. The molecule has 0 fully saturated rings. The molecular weight excluding hydrogens is 609 g/mol. The molecule has 1 atom stereocenters. The minimum Gasteiger partial charge on any atom is -0.468 e. The van der Waals surface area contributed by atoms with E-state index in [9.17, 15) is 9.59 Å². The fraction of sp³-hybridized carbons (Fsp3) is 0.281. The number of nitrogens with zero attached hydrogens (tertiary/aromatic N) is 5. The Balaban J connectivity index is 1.27. The molecule has 1 amide bonds. The number of hydrogen-bond acceptors (Lipinski definition) is 10. The molecule has 0 aromatic carbocycles. The van der Waals surface area contributed by atoms with E-state index in [4.69, 9.17) is 24.4 Å². The summed E-state index contributed by atoms with van der Waals surface area (Å²) >= 11 is 11.1. The number of carbonyl (C=O) groups excluding carboxylic acids is 2. The molecule has 4 heterocycles. The predicted molar refractivity (Wildman–Crippen MR) is 179 cm³/mol. The monoisotopic (exact) mass is 642 g/mol. The molecule has 0 radical (unpaired) electrons. The lowest BCUT2D eigenvalue weighted by Gasteiger charge is -2.20. The zero-order chi connectivity index (χ0) is 31.9. The van der Waals surface area contributed by atoms with E-state index in [0.717, 1.165) is 34.9 Å². The molecule has 4 rings (SSSR count). The quantitative estimate of drug-likeness (QED) is 0.0993. The smallest absolute Gasteiger partial charge is 0.325 e. The Hall–Kier alpha value is -4.75. The molecule has 3 N–H and O–H groups in total. The molecule has 0 aliphatic rings. The van der Waals surface area contributed by atoms with Crippen LogP contribution < -0.4 is 16.0 Å². The number of aromatic nitrogens is 5. The SMILES string of the molecule is COC(=O)CNC(=O)[C@H](CCCCNC(=S)Cc1nccc(-c2ccccn2)n1)NC(=S)Cc1cccc(-c2ccccn2)n1. The fourth-order valence-electron chi connectivity index (χ4n) is 4.32. The van der Waals surface area contributed by atoms with E-state index < -0.39 is 12.0 Å². The Morgan fingerprint density at radius 1 is 0.756 bits per heavy atom. The minimum absolute atomic E-state index is 0.229. The van der Waals surface area contributed by atoms with Crippen LogP contribution in [-0.2, 0) is 27.2 Å². The van der Waals surface area contributed by atoms with Crippen molar-refractivity contribution >= 4 is 46.3 Å². The first kappa shape index (κ1) is 33.1. The molecule has 0 saturated carbocycles. The molecule has 0 unspecified atom stereocenters. The summed E-state index contributed by atoms with van der Waals surface area (Å²) in [5.41, 5.74) is 3.75. The van der Waals surface area contributed by atoms with Gasteiger partial charge in [-0.05, 0) is 61.7 Å². The van der Waals surface area contributed by atoms with Crippen LogP contribution in [0.15, 0.2) is 79.3 Å². The van der Waals surface area contributed by atoms with Crippen LogP contribution in [-0.4, -0.2) is 73.0 Å². The van der Waals surface area contributed by atoms with Crippen molar-refractivity contribution in [1.29, 1.82) is 0 Å². The van der Waals surface area contributed by atoms with E-state index in [1.807, 2.05) is 60.7 Å². The topological polar surface area (TPSA) is 144 Å². The summed E-state index contributed by atoms with van der Waals surface area (Å²) in [5, 5.41) is 9.03. The molecule has 0 bridgehead atoms. The predicted octanol–water partition coefficient (Wildman–Crippen LogP) is 3.44. The number of amides is 1. The number of nitrogens with one attached hydrogen (secondary N) is 3. The number of ether oxygens (including phenoxy) is 1. The van der Waals surface area contributed by atoms with Crippen LogP contribution in [0.2, 0.25) is 0 Å². The van der Waals surface area contributed by atoms with Gasteiger partial charge >= 0.3 is 5.97 Å². The van der Waals surface area contributed by atoms with Gasteiger partial charge in [-0.1, -0.05) is 42.6 Å². The Bertz CT molecular complexity index is 1590. The first-order chi connectivity index (χ1) is 21.9. The van der Waals surface area contributed by atoms with Gasteiger partial charge in [-0.25, -0.2) is 9.97 Å². The van der Waals surface area contributed by atoms with Gasteiger partial charge in [-0.3, -0.25) is 24.5 Å². The zero-order valence-corrected chi connectivity index (χ0v) is 26.4. The molecule has 11 nitrogen and oxygen atoms in total. The lowest BCUT2D eigenvalue weighted by Crippen LogP contribution is -2.48. The first-order valence-electron chi connectivity index (χ1n) is 14.4. The van der Waals surface area contributed by atoms with Gasteiger partial charge in [0.25, 0.3) is 0 Å². The van der Waals surface area contributed by atoms with Gasteiger partial charge in [0.15, 0.2) is 0 Å². The summed E-state index contributed by atoms with van der Waals surface area (Å²) in [6, 6.07) is 18.1. The van der Waals surface area contributed by atoms with Gasteiger partial charge in [-0.2, -0.15) is 0 Å². The number of methoxy groups -OCH3 is 1. The summed E-state index contributed by atoms with van der Waals surface area (Å²) in [6.45, 7) is 0.386. The van der Waals surface area contributed by atoms with Crippen molar-refractivity contribution in [2.24, 2.45) is 0 Å². The Kier molecular flexibility index (Phi) is 12.9. The third kappa shape index (κ3) is 11.0. The average molecular weight is 643 g/mol. The van der Waals surface area contributed by atoms with Crippen LogP contribution in [0.25, 0.3) is 22.8 Å². The third-order valence-corrected chi connectivity index (χ3v) is 7.11. The molecule has 0 saturated heterocycles. The normalized spacial score (nSPS) is 11.2. The maximum Gasteiger partial charge on any atom is 0.325 e. The molecule has 0 aliphatic heterocycles.